The topological polar surface area (TPSA) is 128 Å². The molecular weight excluding hydrogens is 342 g/mol. The van der Waals surface area contributed by atoms with Crippen LogP contribution in [0.25, 0.3) is 0 Å². The molecular formula is C17H21N3O6. The Labute approximate surface area is 148 Å². The van der Waals surface area contributed by atoms with Gasteiger partial charge in [-0.25, -0.2) is 4.79 Å². The molecule has 4 atom stereocenters. The summed E-state index contributed by atoms with van der Waals surface area (Å²) < 4.78 is 6.39. The lowest BCUT2D eigenvalue weighted by atomic mass is 10.1. The minimum Gasteiger partial charge on any atom is -0.394 e. The second kappa shape index (κ2) is 7.42. The number of benzene rings is 1. The van der Waals surface area contributed by atoms with Crippen LogP contribution in [0.3, 0.4) is 0 Å². The first-order valence-electron chi connectivity index (χ1n) is 8.15. The lowest BCUT2D eigenvalue weighted by Gasteiger charge is -2.21. The van der Waals surface area contributed by atoms with Crippen LogP contribution in [0.5, 0.6) is 0 Å². The highest BCUT2D eigenvalue weighted by molar-refractivity contribution is 5.45. The average molecular weight is 363 g/mol. The van der Waals surface area contributed by atoms with E-state index in [4.69, 9.17) is 4.74 Å². The standard InChI is InChI=1S/C17H21N3O6/c1-19(11-5-3-2-4-6-11)7-10-8-20(17(25)18-15(10)24)16-14(23)13(22)12(9-21)26-16/h2-6,8,12-14,16,21-23H,7,9H2,1H3,(H,18,24,25)/t12-,13-,14-,16-/m1/s1. The smallest absolute Gasteiger partial charge is 0.330 e. The van der Waals surface area contributed by atoms with E-state index in [0.717, 1.165) is 10.3 Å². The number of aromatic amines is 1. The minimum atomic E-state index is -1.41. The zero-order valence-electron chi connectivity index (χ0n) is 14.1. The fourth-order valence-corrected chi connectivity index (χ4v) is 2.97. The van der Waals surface area contributed by atoms with Crippen LogP contribution >= 0.6 is 0 Å². The minimum absolute atomic E-state index is 0.217. The normalized spacial score (nSPS) is 25.4. The largest absolute Gasteiger partial charge is 0.394 e. The monoisotopic (exact) mass is 363 g/mol. The maximum atomic E-state index is 12.2. The Hall–Kier alpha value is -2.46. The van der Waals surface area contributed by atoms with Gasteiger partial charge in [-0.05, 0) is 12.1 Å². The zero-order chi connectivity index (χ0) is 18.8. The number of rotatable bonds is 5. The van der Waals surface area contributed by atoms with Crippen molar-refractivity contribution in [2.45, 2.75) is 31.1 Å². The van der Waals surface area contributed by atoms with Crippen molar-refractivity contribution in [1.29, 1.82) is 0 Å². The molecule has 2 aromatic rings. The van der Waals surface area contributed by atoms with E-state index in [-0.39, 0.29) is 12.1 Å². The summed E-state index contributed by atoms with van der Waals surface area (Å²) >= 11 is 0. The first kappa shape index (κ1) is 18.3. The number of ether oxygens (including phenoxy) is 1. The van der Waals surface area contributed by atoms with Gasteiger partial charge in [-0.15, -0.1) is 0 Å². The maximum absolute atomic E-state index is 12.2. The summed E-state index contributed by atoms with van der Waals surface area (Å²) in [6, 6.07) is 9.39. The summed E-state index contributed by atoms with van der Waals surface area (Å²) in [5, 5.41) is 29.2. The second-order valence-corrected chi connectivity index (χ2v) is 6.24. The number of anilines is 1. The van der Waals surface area contributed by atoms with E-state index in [1.165, 1.54) is 6.20 Å². The van der Waals surface area contributed by atoms with Crippen molar-refractivity contribution in [2.24, 2.45) is 0 Å². The molecule has 0 saturated carbocycles. The molecule has 140 valence electrons. The van der Waals surface area contributed by atoms with Crippen LogP contribution in [0.2, 0.25) is 0 Å². The first-order chi connectivity index (χ1) is 12.4. The van der Waals surface area contributed by atoms with E-state index in [0.29, 0.717) is 0 Å². The lowest BCUT2D eigenvalue weighted by molar-refractivity contribution is -0.0551. The molecule has 9 nitrogen and oxygen atoms in total. The quantitative estimate of drug-likeness (QED) is 0.524. The van der Waals surface area contributed by atoms with Crippen molar-refractivity contribution in [1.82, 2.24) is 9.55 Å². The summed E-state index contributed by atoms with van der Waals surface area (Å²) in [7, 11) is 1.80. The SMILES string of the molecule is CN(Cc1cn([C@@H]2O[C@H](CO)[C@@H](O)[C@H]2O)c(=O)[nH]c1=O)c1ccccc1. The molecule has 0 spiro atoms. The van der Waals surface area contributed by atoms with E-state index in [9.17, 15) is 24.9 Å². The van der Waals surface area contributed by atoms with Crippen molar-refractivity contribution < 1.29 is 20.1 Å². The van der Waals surface area contributed by atoms with E-state index >= 15 is 0 Å². The van der Waals surface area contributed by atoms with Gasteiger partial charge in [-0.3, -0.25) is 14.3 Å². The number of nitrogens with one attached hydrogen (secondary N) is 1. The van der Waals surface area contributed by atoms with Gasteiger partial charge in [0.15, 0.2) is 6.23 Å². The number of para-hydroxylation sites is 1. The Kier molecular flexibility index (Phi) is 5.23. The van der Waals surface area contributed by atoms with Gasteiger partial charge in [0.25, 0.3) is 5.56 Å². The van der Waals surface area contributed by atoms with Gasteiger partial charge in [0.2, 0.25) is 0 Å². The Balaban J connectivity index is 1.91. The van der Waals surface area contributed by atoms with E-state index in [2.05, 4.69) is 4.98 Å². The van der Waals surface area contributed by atoms with Crippen LogP contribution in [0.1, 0.15) is 11.8 Å². The highest BCUT2D eigenvalue weighted by atomic mass is 16.6. The Morgan fingerprint density at radius 2 is 1.88 bits per heavy atom. The summed E-state index contributed by atoms with van der Waals surface area (Å²) in [5.41, 5.74) is -0.136. The van der Waals surface area contributed by atoms with Gasteiger partial charge in [0.05, 0.1) is 12.2 Å². The van der Waals surface area contributed by atoms with Crippen LogP contribution < -0.4 is 16.1 Å². The van der Waals surface area contributed by atoms with Gasteiger partial charge in [0, 0.05) is 25.5 Å². The average Bonchev–Trinajstić information content (AvgIpc) is 2.92. The molecule has 1 fully saturated rings. The summed E-state index contributed by atoms with van der Waals surface area (Å²) in [6.07, 6.45) is -3.65. The van der Waals surface area contributed by atoms with Crippen molar-refractivity contribution in [3.8, 4) is 0 Å². The second-order valence-electron chi connectivity index (χ2n) is 6.24. The molecule has 0 unspecified atom stereocenters. The molecule has 1 saturated heterocycles. The van der Waals surface area contributed by atoms with E-state index in [1.807, 2.05) is 35.2 Å². The van der Waals surface area contributed by atoms with Crippen molar-refractivity contribution in [3.05, 3.63) is 62.9 Å². The third-order valence-corrected chi connectivity index (χ3v) is 4.44. The van der Waals surface area contributed by atoms with E-state index < -0.39 is 42.4 Å². The third kappa shape index (κ3) is 3.42. The lowest BCUT2D eigenvalue weighted by Crippen LogP contribution is -2.39. The van der Waals surface area contributed by atoms with Gasteiger partial charge in [-0.1, -0.05) is 18.2 Å². The Morgan fingerprint density at radius 1 is 1.19 bits per heavy atom. The van der Waals surface area contributed by atoms with Crippen LogP contribution in [0.15, 0.2) is 46.1 Å². The van der Waals surface area contributed by atoms with Crippen LogP contribution in [-0.2, 0) is 11.3 Å². The van der Waals surface area contributed by atoms with Gasteiger partial charge < -0.3 is 25.0 Å². The van der Waals surface area contributed by atoms with Crippen molar-refractivity contribution in [2.75, 3.05) is 18.6 Å². The summed E-state index contributed by atoms with van der Waals surface area (Å²) in [6.45, 7) is -0.287. The Bertz CT molecular complexity index is 865. The molecule has 2 heterocycles. The molecule has 4 N–H and O–H groups in total. The van der Waals surface area contributed by atoms with Crippen molar-refractivity contribution in [3.63, 3.8) is 0 Å². The molecule has 1 aromatic carbocycles. The number of H-pyrrole nitrogens is 1. The highest BCUT2D eigenvalue weighted by Crippen LogP contribution is 2.28. The van der Waals surface area contributed by atoms with Crippen LogP contribution in [-0.4, -0.2) is 56.8 Å². The summed E-state index contributed by atoms with van der Waals surface area (Å²) in [4.78, 5) is 28.3. The van der Waals surface area contributed by atoms with Gasteiger partial charge in [-0.2, -0.15) is 0 Å². The molecule has 26 heavy (non-hydrogen) atoms. The molecule has 0 bridgehead atoms. The summed E-state index contributed by atoms with van der Waals surface area (Å²) in [5.74, 6) is 0. The number of nitrogens with zero attached hydrogens (tertiary/aromatic N) is 2. The number of aliphatic hydroxyl groups is 3. The van der Waals surface area contributed by atoms with Crippen molar-refractivity contribution >= 4 is 5.69 Å². The maximum Gasteiger partial charge on any atom is 0.330 e. The highest BCUT2D eigenvalue weighted by Gasteiger charge is 2.43. The number of hydrogen-bond acceptors (Lipinski definition) is 7. The number of aromatic nitrogens is 2. The predicted molar refractivity (Wildman–Crippen MR) is 92.9 cm³/mol. The molecule has 0 aliphatic carbocycles. The zero-order valence-corrected chi connectivity index (χ0v) is 14.1. The first-order valence-corrected chi connectivity index (χ1v) is 8.15. The number of aliphatic hydroxyl groups excluding tert-OH is 3. The van der Waals surface area contributed by atoms with Crippen LogP contribution in [0.4, 0.5) is 5.69 Å². The third-order valence-electron chi connectivity index (χ3n) is 4.44. The fraction of sp³-hybridized carbons (Fsp3) is 0.412. The van der Waals surface area contributed by atoms with Gasteiger partial charge in [0.1, 0.15) is 18.3 Å². The van der Waals surface area contributed by atoms with Crippen LogP contribution in [0, 0.1) is 0 Å². The molecule has 1 aromatic heterocycles. The molecule has 1 aliphatic heterocycles. The predicted octanol–water partition coefficient (Wildman–Crippen LogP) is -1.22. The Morgan fingerprint density at radius 3 is 2.50 bits per heavy atom. The molecule has 9 heteroatoms. The van der Waals surface area contributed by atoms with Gasteiger partial charge >= 0.3 is 5.69 Å². The molecule has 3 rings (SSSR count). The molecule has 0 amide bonds. The number of hydrogen-bond donors (Lipinski definition) is 4. The molecule has 0 radical (unpaired) electrons. The fourth-order valence-electron chi connectivity index (χ4n) is 2.97. The molecule has 1 aliphatic rings. The van der Waals surface area contributed by atoms with E-state index in [1.54, 1.807) is 7.05 Å².